The molecule has 0 amide bonds. The Kier molecular flexibility index (Phi) is 4.29. The molecule has 0 bridgehead atoms. The van der Waals surface area contributed by atoms with Gasteiger partial charge in [-0.25, -0.2) is 8.42 Å². The highest BCUT2D eigenvalue weighted by Crippen LogP contribution is 2.44. The fourth-order valence-corrected chi connectivity index (χ4v) is 5.91. The van der Waals surface area contributed by atoms with Gasteiger partial charge in [0.25, 0.3) is 0 Å². The van der Waals surface area contributed by atoms with Crippen LogP contribution in [0.4, 0.5) is 0 Å². The van der Waals surface area contributed by atoms with E-state index in [9.17, 15) is 13.5 Å². The quantitative estimate of drug-likeness (QED) is 0.878. The normalized spacial score (nSPS) is 32.2. The molecule has 2 heterocycles. The van der Waals surface area contributed by atoms with E-state index in [1.807, 2.05) is 6.92 Å². The average Bonchev–Trinajstić information content (AvgIpc) is 3.08. The molecule has 1 saturated heterocycles. The van der Waals surface area contributed by atoms with Crippen LogP contribution in [0.2, 0.25) is 0 Å². The summed E-state index contributed by atoms with van der Waals surface area (Å²) in [5, 5.41) is 14.2. The molecule has 2 aliphatic rings. The van der Waals surface area contributed by atoms with Crippen LogP contribution >= 0.6 is 0 Å². The monoisotopic (exact) mass is 343 g/mol. The van der Waals surface area contributed by atoms with E-state index in [4.69, 9.17) is 4.74 Å². The molecular formula is C15H25N3O4S. The predicted molar refractivity (Wildman–Crippen MR) is 84.5 cm³/mol. The molecule has 0 radical (unpaired) electrons. The fourth-order valence-electron chi connectivity index (χ4n) is 4.05. The Morgan fingerprint density at radius 3 is 2.83 bits per heavy atom. The summed E-state index contributed by atoms with van der Waals surface area (Å²) in [7, 11) is -2.00. The number of sulfonamides is 1. The minimum Gasteiger partial charge on any atom is -0.393 e. The van der Waals surface area contributed by atoms with Gasteiger partial charge in [-0.15, -0.1) is 0 Å². The molecule has 2 fully saturated rings. The molecule has 0 aromatic carbocycles. The molecule has 0 spiro atoms. The summed E-state index contributed by atoms with van der Waals surface area (Å²) in [6.07, 6.45) is 3.40. The third-order valence-corrected chi connectivity index (χ3v) is 7.47. The van der Waals surface area contributed by atoms with Crippen molar-refractivity contribution in [2.45, 2.75) is 68.7 Å². The molecule has 7 nitrogen and oxygen atoms in total. The minimum atomic E-state index is -3.64. The zero-order chi connectivity index (χ0) is 16.8. The number of hydrogen-bond acceptors (Lipinski definition) is 5. The largest absolute Gasteiger partial charge is 0.393 e. The molecule has 0 unspecified atom stereocenters. The van der Waals surface area contributed by atoms with Gasteiger partial charge >= 0.3 is 0 Å². The number of aromatic nitrogens is 2. The zero-order valence-corrected chi connectivity index (χ0v) is 14.7. The number of aliphatic hydroxyl groups is 1. The number of aryl methyl sites for hydroxylation is 1. The summed E-state index contributed by atoms with van der Waals surface area (Å²) in [5.41, 5.74) is 0.180. The van der Waals surface area contributed by atoms with Crippen LogP contribution < -0.4 is 0 Å². The smallest absolute Gasteiger partial charge is 0.246 e. The first-order chi connectivity index (χ1) is 10.9. The van der Waals surface area contributed by atoms with Gasteiger partial charge in [0.1, 0.15) is 4.90 Å². The number of aliphatic hydroxyl groups excluding tert-OH is 1. The predicted octanol–water partition coefficient (Wildman–Crippen LogP) is 0.904. The lowest BCUT2D eigenvalue weighted by Crippen LogP contribution is -2.52. The topological polar surface area (TPSA) is 84.7 Å². The summed E-state index contributed by atoms with van der Waals surface area (Å²) < 4.78 is 35.2. The van der Waals surface area contributed by atoms with Crippen LogP contribution in [-0.2, 0) is 21.3 Å². The Labute approximate surface area is 137 Å². The molecule has 1 aromatic heterocycles. The second-order valence-electron chi connectivity index (χ2n) is 6.49. The number of hydrogen-bond donors (Lipinski definition) is 1. The van der Waals surface area contributed by atoms with Crippen molar-refractivity contribution in [2.24, 2.45) is 0 Å². The maximum atomic E-state index is 13.1. The number of ether oxygens (including phenoxy) is 1. The van der Waals surface area contributed by atoms with Gasteiger partial charge in [-0.1, -0.05) is 0 Å². The van der Waals surface area contributed by atoms with Gasteiger partial charge in [-0.2, -0.15) is 9.40 Å². The lowest BCUT2D eigenvalue weighted by molar-refractivity contribution is -0.0775. The number of nitrogens with zero attached hydrogens (tertiary/aromatic N) is 3. The molecule has 1 saturated carbocycles. The molecule has 3 rings (SSSR count). The van der Waals surface area contributed by atoms with Crippen molar-refractivity contribution in [1.29, 1.82) is 0 Å². The molecule has 1 N–H and O–H groups in total. The maximum Gasteiger partial charge on any atom is 0.246 e. The van der Waals surface area contributed by atoms with E-state index in [1.165, 1.54) is 10.5 Å². The second-order valence-corrected chi connectivity index (χ2v) is 8.35. The van der Waals surface area contributed by atoms with Gasteiger partial charge < -0.3 is 9.84 Å². The van der Waals surface area contributed by atoms with Crippen LogP contribution in [0.5, 0.6) is 0 Å². The average molecular weight is 343 g/mol. The van der Waals surface area contributed by atoms with Crippen LogP contribution in [0, 0.1) is 6.92 Å². The van der Waals surface area contributed by atoms with Crippen LogP contribution in [0.15, 0.2) is 11.1 Å². The molecule has 1 aromatic rings. The van der Waals surface area contributed by atoms with Crippen LogP contribution in [0.25, 0.3) is 0 Å². The number of methoxy groups -OCH3 is 1. The van der Waals surface area contributed by atoms with Crippen molar-refractivity contribution in [3.8, 4) is 0 Å². The molecule has 1 aliphatic carbocycles. The number of fused-ring (bicyclic) bond motifs is 1. The van der Waals surface area contributed by atoms with Gasteiger partial charge in [0.05, 0.1) is 29.6 Å². The third kappa shape index (κ3) is 2.52. The van der Waals surface area contributed by atoms with Gasteiger partial charge in [0.15, 0.2) is 0 Å². The van der Waals surface area contributed by atoms with Gasteiger partial charge in [0.2, 0.25) is 10.0 Å². The molecular weight excluding hydrogens is 318 g/mol. The summed E-state index contributed by atoms with van der Waals surface area (Å²) in [5.74, 6) is 0. The standard InChI is InChI=1S/C15H25N3O4S/c1-4-17-11(2)13(10-16-17)23(20,21)18-8-7-15(22-3)6-5-12(19)9-14(15)18/h10,12,14,19H,4-9H2,1-3H3/t12-,14-,15+/m0/s1. The van der Waals surface area contributed by atoms with Crippen LogP contribution in [0.3, 0.4) is 0 Å². The van der Waals surface area contributed by atoms with Gasteiger partial charge in [-0.05, 0) is 39.5 Å². The Morgan fingerprint density at radius 1 is 1.48 bits per heavy atom. The minimum absolute atomic E-state index is 0.256. The van der Waals surface area contributed by atoms with E-state index in [1.54, 1.807) is 18.7 Å². The fraction of sp³-hybridized carbons (Fsp3) is 0.800. The van der Waals surface area contributed by atoms with Crippen molar-refractivity contribution >= 4 is 10.0 Å². The summed E-state index contributed by atoms with van der Waals surface area (Å²) in [4.78, 5) is 0.256. The van der Waals surface area contributed by atoms with E-state index < -0.39 is 21.7 Å². The van der Waals surface area contributed by atoms with Crippen molar-refractivity contribution in [3.63, 3.8) is 0 Å². The van der Waals surface area contributed by atoms with Crippen molar-refractivity contribution in [1.82, 2.24) is 14.1 Å². The Bertz CT molecular complexity index is 687. The van der Waals surface area contributed by atoms with Gasteiger partial charge in [0, 0.05) is 20.2 Å². The summed E-state index contributed by atoms with van der Waals surface area (Å²) >= 11 is 0. The van der Waals surface area contributed by atoms with Gasteiger partial charge in [-0.3, -0.25) is 4.68 Å². The lowest BCUT2D eigenvalue weighted by Gasteiger charge is -2.41. The highest BCUT2D eigenvalue weighted by molar-refractivity contribution is 7.89. The molecule has 3 atom stereocenters. The Morgan fingerprint density at radius 2 is 2.22 bits per heavy atom. The van der Waals surface area contributed by atoms with E-state index in [2.05, 4.69) is 5.10 Å². The van der Waals surface area contributed by atoms with E-state index in [0.717, 1.165) is 0 Å². The van der Waals surface area contributed by atoms with E-state index in [-0.39, 0.29) is 10.9 Å². The maximum absolute atomic E-state index is 13.1. The lowest BCUT2D eigenvalue weighted by atomic mass is 9.79. The van der Waals surface area contributed by atoms with Crippen molar-refractivity contribution in [3.05, 3.63) is 11.9 Å². The van der Waals surface area contributed by atoms with E-state index >= 15 is 0 Å². The highest BCUT2D eigenvalue weighted by Gasteiger charge is 2.54. The van der Waals surface area contributed by atoms with Crippen molar-refractivity contribution in [2.75, 3.05) is 13.7 Å². The summed E-state index contributed by atoms with van der Waals surface area (Å²) in [6.45, 7) is 4.76. The first kappa shape index (κ1) is 16.9. The molecule has 8 heteroatoms. The zero-order valence-electron chi connectivity index (χ0n) is 13.9. The first-order valence-corrected chi connectivity index (χ1v) is 9.57. The molecule has 23 heavy (non-hydrogen) atoms. The third-order valence-electron chi connectivity index (χ3n) is 5.46. The SMILES string of the molecule is CCn1ncc(S(=O)(=O)N2CC[C@]3(OC)CC[C@H](O)C[C@H]23)c1C. The van der Waals surface area contributed by atoms with E-state index in [0.29, 0.717) is 44.5 Å². The van der Waals surface area contributed by atoms with Crippen LogP contribution in [0.1, 0.15) is 38.3 Å². The summed E-state index contributed by atoms with van der Waals surface area (Å²) in [6, 6.07) is -0.314. The van der Waals surface area contributed by atoms with Crippen molar-refractivity contribution < 1.29 is 18.3 Å². The first-order valence-electron chi connectivity index (χ1n) is 8.13. The molecule has 1 aliphatic heterocycles. The van der Waals surface area contributed by atoms with Crippen LogP contribution in [-0.4, -0.2) is 59.0 Å². The highest BCUT2D eigenvalue weighted by atomic mass is 32.2. The Hall–Kier alpha value is -0.960. The Balaban J connectivity index is 1.98. The molecule has 130 valence electrons. The second kappa shape index (κ2) is 5.84. The number of rotatable bonds is 4.